The van der Waals surface area contributed by atoms with Crippen LogP contribution in [0.25, 0.3) is 0 Å². The molecular weight excluding hydrogens is 322 g/mol. The highest BCUT2D eigenvalue weighted by Gasteiger charge is 2.36. The Morgan fingerprint density at radius 2 is 1.74 bits per heavy atom. The molecular formula is C16H20ClNO5. The number of ether oxygens (including phenoxy) is 2. The molecule has 126 valence electrons. The van der Waals surface area contributed by atoms with E-state index in [1.807, 2.05) is 0 Å². The van der Waals surface area contributed by atoms with Gasteiger partial charge in [-0.05, 0) is 18.9 Å². The zero-order valence-corrected chi connectivity index (χ0v) is 13.9. The second-order valence-corrected chi connectivity index (χ2v) is 5.92. The predicted molar refractivity (Wildman–Crippen MR) is 86.3 cm³/mol. The Labute approximate surface area is 139 Å². The minimum Gasteiger partial charge on any atom is -0.495 e. The van der Waals surface area contributed by atoms with Gasteiger partial charge >= 0.3 is 5.97 Å². The van der Waals surface area contributed by atoms with Crippen LogP contribution in [-0.4, -0.2) is 31.2 Å². The van der Waals surface area contributed by atoms with Crippen LogP contribution >= 0.6 is 11.6 Å². The summed E-state index contributed by atoms with van der Waals surface area (Å²) in [5.74, 6) is -1.61. The van der Waals surface area contributed by atoms with Gasteiger partial charge in [0, 0.05) is 6.07 Å². The van der Waals surface area contributed by atoms with E-state index < -0.39 is 17.8 Å². The van der Waals surface area contributed by atoms with Gasteiger partial charge in [0.2, 0.25) is 5.91 Å². The zero-order chi connectivity index (χ0) is 17.0. The first-order valence-electron chi connectivity index (χ1n) is 7.43. The molecule has 0 bridgehead atoms. The summed E-state index contributed by atoms with van der Waals surface area (Å²) in [6.07, 6.45) is 2.77. The van der Waals surface area contributed by atoms with E-state index in [0.717, 1.165) is 12.8 Å². The number of rotatable bonds is 5. The smallest absolute Gasteiger partial charge is 0.307 e. The van der Waals surface area contributed by atoms with Crippen LogP contribution in [0, 0.1) is 11.8 Å². The molecule has 1 aromatic carbocycles. The standard InChI is InChI=1S/C16H20ClNO5/c1-22-13-8-14(23-2)12(7-11(13)17)18-15(19)9-5-3-4-6-10(9)16(20)21/h7-10H,3-6H2,1-2H3,(H,18,19)(H,20,21)/t9-,10-/m0/s1. The van der Waals surface area contributed by atoms with Gasteiger partial charge in [0.25, 0.3) is 0 Å². The maximum Gasteiger partial charge on any atom is 0.307 e. The number of hydrogen-bond acceptors (Lipinski definition) is 4. The number of carboxylic acid groups (broad SMARTS) is 1. The molecule has 2 N–H and O–H groups in total. The summed E-state index contributed by atoms with van der Waals surface area (Å²) < 4.78 is 10.3. The summed E-state index contributed by atoms with van der Waals surface area (Å²) in [5, 5.41) is 12.4. The van der Waals surface area contributed by atoms with E-state index in [2.05, 4.69) is 5.32 Å². The predicted octanol–water partition coefficient (Wildman–Crippen LogP) is 3.19. The molecule has 0 unspecified atom stereocenters. The lowest BCUT2D eigenvalue weighted by Crippen LogP contribution is -2.36. The number of nitrogens with one attached hydrogen (secondary N) is 1. The van der Waals surface area contributed by atoms with Crippen molar-refractivity contribution < 1.29 is 24.2 Å². The van der Waals surface area contributed by atoms with Gasteiger partial charge in [0.15, 0.2) is 0 Å². The molecule has 0 spiro atoms. The molecule has 23 heavy (non-hydrogen) atoms. The third kappa shape index (κ3) is 3.88. The summed E-state index contributed by atoms with van der Waals surface area (Å²) in [4.78, 5) is 23.9. The van der Waals surface area contributed by atoms with Crippen LogP contribution in [-0.2, 0) is 9.59 Å². The molecule has 6 nitrogen and oxygen atoms in total. The average Bonchev–Trinajstić information content (AvgIpc) is 2.55. The van der Waals surface area contributed by atoms with Crippen molar-refractivity contribution in [1.29, 1.82) is 0 Å². The molecule has 7 heteroatoms. The van der Waals surface area contributed by atoms with E-state index in [-0.39, 0.29) is 5.91 Å². The van der Waals surface area contributed by atoms with Crippen molar-refractivity contribution in [1.82, 2.24) is 0 Å². The first-order chi connectivity index (χ1) is 11.0. The van der Waals surface area contributed by atoms with Gasteiger partial charge in [-0.25, -0.2) is 0 Å². The molecule has 0 saturated heterocycles. The summed E-state index contributed by atoms with van der Waals surface area (Å²) >= 11 is 6.08. The average molecular weight is 342 g/mol. The third-order valence-corrected chi connectivity index (χ3v) is 4.45. The van der Waals surface area contributed by atoms with Crippen molar-refractivity contribution in [2.24, 2.45) is 11.8 Å². The van der Waals surface area contributed by atoms with Crippen LogP contribution in [0.2, 0.25) is 5.02 Å². The molecule has 0 aliphatic heterocycles. The van der Waals surface area contributed by atoms with E-state index in [0.29, 0.717) is 35.1 Å². The molecule has 1 saturated carbocycles. The third-order valence-electron chi connectivity index (χ3n) is 4.15. The van der Waals surface area contributed by atoms with Crippen LogP contribution in [0.4, 0.5) is 5.69 Å². The molecule has 1 aliphatic rings. The van der Waals surface area contributed by atoms with Gasteiger partial charge < -0.3 is 19.9 Å². The number of methoxy groups -OCH3 is 2. The van der Waals surface area contributed by atoms with Gasteiger partial charge in [-0.3, -0.25) is 9.59 Å². The van der Waals surface area contributed by atoms with Crippen LogP contribution in [0.1, 0.15) is 25.7 Å². The van der Waals surface area contributed by atoms with Gasteiger partial charge in [0.05, 0.1) is 36.8 Å². The Morgan fingerprint density at radius 1 is 1.13 bits per heavy atom. The monoisotopic (exact) mass is 341 g/mol. The number of carboxylic acids is 1. The van der Waals surface area contributed by atoms with Crippen LogP contribution in [0.15, 0.2) is 12.1 Å². The van der Waals surface area contributed by atoms with Crippen molar-refractivity contribution in [2.45, 2.75) is 25.7 Å². The Bertz CT molecular complexity index is 604. The van der Waals surface area contributed by atoms with E-state index in [4.69, 9.17) is 21.1 Å². The number of carbonyl (C=O) groups is 2. The fraction of sp³-hybridized carbons (Fsp3) is 0.500. The van der Waals surface area contributed by atoms with E-state index >= 15 is 0 Å². The van der Waals surface area contributed by atoms with E-state index in [9.17, 15) is 14.7 Å². The number of hydrogen-bond donors (Lipinski definition) is 2. The summed E-state index contributed by atoms with van der Waals surface area (Å²) in [6.45, 7) is 0. The number of carbonyl (C=O) groups excluding carboxylic acids is 1. The van der Waals surface area contributed by atoms with Crippen molar-refractivity contribution in [3.05, 3.63) is 17.2 Å². The van der Waals surface area contributed by atoms with Gasteiger partial charge in [0.1, 0.15) is 11.5 Å². The van der Waals surface area contributed by atoms with Crippen molar-refractivity contribution in [2.75, 3.05) is 19.5 Å². The highest BCUT2D eigenvalue weighted by atomic mass is 35.5. The maximum atomic E-state index is 12.5. The van der Waals surface area contributed by atoms with Gasteiger partial charge in [-0.2, -0.15) is 0 Å². The number of anilines is 1. The van der Waals surface area contributed by atoms with Gasteiger partial charge in [-0.15, -0.1) is 0 Å². The number of benzene rings is 1. The highest BCUT2D eigenvalue weighted by Crippen LogP contribution is 2.37. The molecule has 0 heterocycles. The van der Waals surface area contributed by atoms with Crippen LogP contribution in [0.5, 0.6) is 11.5 Å². The fourth-order valence-electron chi connectivity index (χ4n) is 2.92. The van der Waals surface area contributed by atoms with E-state index in [1.54, 1.807) is 6.07 Å². The highest BCUT2D eigenvalue weighted by molar-refractivity contribution is 6.32. The van der Waals surface area contributed by atoms with Crippen LogP contribution in [0.3, 0.4) is 0 Å². The van der Waals surface area contributed by atoms with Crippen LogP contribution < -0.4 is 14.8 Å². The first-order valence-corrected chi connectivity index (χ1v) is 7.81. The Kier molecular flexibility index (Phi) is 5.71. The van der Waals surface area contributed by atoms with E-state index in [1.165, 1.54) is 20.3 Å². The SMILES string of the molecule is COc1cc(OC)c(NC(=O)[C@H]2CCCC[C@@H]2C(=O)O)cc1Cl. The minimum absolute atomic E-state index is 0.323. The fourth-order valence-corrected chi connectivity index (χ4v) is 3.16. The van der Waals surface area contributed by atoms with Crippen molar-refractivity contribution >= 4 is 29.2 Å². The molecule has 0 radical (unpaired) electrons. The number of aliphatic carboxylic acids is 1. The lowest BCUT2D eigenvalue weighted by Gasteiger charge is -2.27. The molecule has 2 atom stereocenters. The first kappa shape index (κ1) is 17.4. The van der Waals surface area contributed by atoms with Crippen molar-refractivity contribution in [3.63, 3.8) is 0 Å². The maximum absolute atomic E-state index is 12.5. The molecule has 1 aromatic rings. The lowest BCUT2D eigenvalue weighted by molar-refractivity contribution is -0.147. The quantitative estimate of drug-likeness (QED) is 0.859. The molecule has 0 aromatic heterocycles. The molecule has 1 fully saturated rings. The number of halogens is 1. The number of amides is 1. The molecule has 1 aliphatic carbocycles. The second-order valence-electron chi connectivity index (χ2n) is 5.51. The largest absolute Gasteiger partial charge is 0.495 e. The topological polar surface area (TPSA) is 84.9 Å². The minimum atomic E-state index is -0.926. The summed E-state index contributed by atoms with van der Waals surface area (Å²) in [7, 11) is 2.96. The molecule has 1 amide bonds. The van der Waals surface area contributed by atoms with Crippen molar-refractivity contribution in [3.8, 4) is 11.5 Å². The Balaban J connectivity index is 2.22. The zero-order valence-electron chi connectivity index (χ0n) is 13.1. The Hall–Kier alpha value is -1.95. The Morgan fingerprint density at radius 3 is 2.30 bits per heavy atom. The van der Waals surface area contributed by atoms with Gasteiger partial charge in [-0.1, -0.05) is 24.4 Å². The summed E-state index contributed by atoms with van der Waals surface area (Å²) in [5.41, 5.74) is 0.401. The summed E-state index contributed by atoms with van der Waals surface area (Å²) in [6, 6.07) is 3.11. The normalized spacial score (nSPS) is 20.7. The lowest BCUT2D eigenvalue weighted by atomic mass is 9.78. The molecule has 2 rings (SSSR count). The second kappa shape index (κ2) is 7.55.